The third-order valence-electron chi connectivity index (χ3n) is 4.98. The minimum atomic E-state index is -0.275. The number of carbonyl (C=O) groups excluding carboxylic acids is 1. The van der Waals surface area contributed by atoms with E-state index in [1.165, 1.54) is 12.1 Å². The van der Waals surface area contributed by atoms with Gasteiger partial charge in [0.05, 0.1) is 0 Å². The van der Waals surface area contributed by atoms with Crippen LogP contribution in [0.15, 0.2) is 42.7 Å². The highest BCUT2D eigenvalue weighted by atomic mass is 19.1. The zero-order valence-electron chi connectivity index (χ0n) is 17.1. The smallest absolute Gasteiger partial charge is 0.318 e. The topological polar surface area (TPSA) is 64.6 Å². The van der Waals surface area contributed by atoms with Crippen LogP contribution < -0.4 is 10.2 Å². The molecule has 8 heteroatoms. The molecular formula is C21H29FN6O. The molecule has 0 bridgehead atoms. The van der Waals surface area contributed by atoms with E-state index in [2.05, 4.69) is 20.2 Å². The van der Waals surface area contributed by atoms with Crippen LogP contribution in [0, 0.1) is 5.82 Å². The maximum absolute atomic E-state index is 13.2. The maximum atomic E-state index is 13.2. The van der Waals surface area contributed by atoms with E-state index in [0.717, 1.165) is 31.5 Å². The van der Waals surface area contributed by atoms with E-state index in [4.69, 9.17) is 0 Å². The standard InChI is InChI=1S/C21H29FN6O/c1-26(2)13-14-28(15-17-6-8-18(22)9-7-17)21(29)25-19-5-3-12-27(16-19)20-23-10-4-11-24-20/h4,6-11,19H,3,5,12-16H2,1-2H3,(H,25,29)/t19-/m0/s1. The Morgan fingerprint density at radius 2 is 1.93 bits per heavy atom. The van der Waals surface area contributed by atoms with Gasteiger partial charge in [0.2, 0.25) is 5.95 Å². The molecule has 1 atom stereocenters. The number of piperidine rings is 1. The first-order chi connectivity index (χ1) is 14.0. The van der Waals surface area contributed by atoms with Gasteiger partial charge in [-0.25, -0.2) is 19.2 Å². The number of nitrogens with one attached hydrogen (secondary N) is 1. The van der Waals surface area contributed by atoms with Crippen LogP contribution in [0.2, 0.25) is 0 Å². The van der Waals surface area contributed by atoms with Crippen LogP contribution >= 0.6 is 0 Å². The number of likely N-dealkylation sites (N-methyl/N-ethyl adjacent to an activating group) is 1. The average molecular weight is 401 g/mol. The minimum absolute atomic E-state index is 0.0372. The zero-order valence-corrected chi connectivity index (χ0v) is 17.1. The predicted octanol–water partition coefficient (Wildman–Crippen LogP) is 2.36. The fourth-order valence-corrected chi connectivity index (χ4v) is 3.38. The largest absolute Gasteiger partial charge is 0.339 e. The van der Waals surface area contributed by atoms with Gasteiger partial charge >= 0.3 is 6.03 Å². The van der Waals surface area contributed by atoms with E-state index < -0.39 is 0 Å². The number of anilines is 1. The van der Waals surface area contributed by atoms with Gasteiger partial charge in [-0.15, -0.1) is 0 Å². The first kappa shape index (κ1) is 21.0. The van der Waals surface area contributed by atoms with Gasteiger partial charge in [0.25, 0.3) is 0 Å². The second-order valence-corrected chi connectivity index (χ2v) is 7.63. The van der Waals surface area contributed by atoms with Crippen LogP contribution in [0.3, 0.4) is 0 Å². The second kappa shape index (κ2) is 10.2. The SMILES string of the molecule is CN(C)CCN(Cc1ccc(F)cc1)C(=O)N[C@H]1CCCN(c2ncccn2)C1. The van der Waals surface area contributed by atoms with Gasteiger partial charge in [-0.2, -0.15) is 0 Å². The Morgan fingerprint density at radius 1 is 1.21 bits per heavy atom. The quantitative estimate of drug-likeness (QED) is 0.773. The van der Waals surface area contributed by atoms with Gasteiger partial charge in [0, 0.05) is 51.2 Å². The average Bonchev–Trinajstić information content (AvgIpc) is 2.73. The molecule has 1 N–H and O–H groups in total. The molecule has 0 spiro atoms. The number of rotatable bonds is 7. The molecule has 0 aliphatic carbocycles. The van der Waals surface area contributed by atoms with E-state index in [9.17, 15) is 9.18 Å². The summed E-state index contributed by atoms with van der Waals surface area (Å²) in [5, 5.41) is 3.17. The maximum Gasteiger partial charge on any atom is 0.318 e. The lowest BCUT2D eigenvalue weighted by Gasteiger charge is -2.34. The number of aromatic nitrogens is 2. The number of nitrogens with zero attached hydrogens (tertiary/aromatic N) is 5. The van der Waals surface area contributed by atoms with Gasteiger partial charge in [-0.1, -0.05) is 12.1 Å². The molecule has 7 nitrogen and oxygen atoms in total. The third-order valence-corrected chi connectivity index (χ3v) is 4.98. The van der Waals surface area contributed by atoms with E-state index in [0.29, 0.717) is 25.6 Å². The number of hydrogen-bond acceptors (Lipinski definition) is 5. The molecule has 3 rings (SSSR count). The molecule has 1 fully saturated rings. The van der Waals surface area contributed by atoms with Crippen molar-refractivity contribution in [3.8, 4) is 0 Å². The molecular weight excluding hydrogens is 371 g/mol. The van der Waals surface area contributed by atoms with E-state index in [-0.39, 0.29) is 17.9 Å². The highest BCUT2D eigenvalue weighted by Crippen LogP contribution is 2.16. The summed E-state index contributed by atoms with van der Waals surface area (Å²) in [6.07, 6.45) is 5.36. The van der Waals surface area contributed by atoms with Crippen LogP contribution in [0.1, 0.15) is 18.4 Å². The number of halogens is 1. The van der Waals surface area contributed by atoms with Crippen molar-refractivity contribution in [1.29, 1.82) is 0 Å². The highest BCUT2D eigenvalue weighted by Gasteiger charge is 2.25. The summed E-state index contributed by atoms with van der Waals surface area (Å²) in [5.41, 5.74) is 0.906. The van der Waals surface area contributed by atoms with Crippen molar-refractivity contribution in [2.24, 2.45) is 0 Å². The van der Waals surface area contributed by atoms with Gasteiger partial charge in [0.1, 0.15) is 5.82 Å². The molecule has 1 aromatic heterocycles. The van der Waals surface area contributed by atoms with Crippen LogP contribution in [0.25, 0.3) is 0 Å². The Hall–Kier alpha value is -2.74. The van der Waals surface area contributed by atoms with Crippen LogP contribution in [0.5, 0.6) is 0 Å². The lowest BCUT2D eigenvalue weighted by atomic mass is 10.1. The summed E-state index contributed by atoms with van der Waals surface area (Å²) in [5.74, 6) is 0.422. The minimum Gasteiger partial charge on any atom is -0.339 e. The summed E-state index contributed by atoms with van der Waals surface area (Å²) >= 11 is 0. The van der Waals surface area contributed by atoms with Gasteiger partial charge < -0.3 is 20.0 Å². The fraction of sp³-hybridized carbons (Fsp3) is 0.476. The molecule has 1 aliphatic rings. The van der Waals surface area contributed by atoms with E-state index in [1.54, 1.807) is 35.5 Å². The first-order valence-electron chi connectivity index (χ1n) is 9.98. The Balaban J connectivity index is 1.62. The van der Waals surface area contributed by atoms with Crippen molar-refractivity contribution in [2.75, 3.05) is 45.2 Å². The molecule has 1 aliphatic heterocycles. The number of amides is 2. The van der Waals surface area contributed by atoms with Crippen molar-refractivity contribution in [3.05, 3.63) is 54.1 Å². The molecule has 156 valence electrons. The van der Waals surface area contributed by atoms with Crippen molar-refractivity contribution in [2.45, 2.75) is 25.4 Å². The number of hydrogen-bond donors (Lipinski definition) is 1. The third kappa shape index (κ3) is 6.39. The molecule has 1 saturated heterocycles. The Labute approximate surface area is 171 Å². The monoisotopic (exact) mass is 400 g/mol. The Bertz CT molecular complexity index is 771. The summed E-state index contributed by atoms with van der Waals surface area (Å²) in [6, 6.07) is 8.03. The van der Waals surface area contributed by atoms with Crippen molar-refractivity contribution < 1.29 is 9.18 Å². The summed E-state index contributed by atoms with van der Waals surface area (Å²) < 4.78 is 13.2. The van der Waals surface area contributed by atoms with Crippen molar-refractivity contribution >= 4 is 12.0 Å². The summed E-state index contributed by atoms with van der Waals surface area (Å²) in [7, 11) is 3.96. The second-order valence-electron chi connectivity index (χ2n) is 7.63. The fourth-order valence-electron chi connectivity index (χ4n) is 3.38. The molecule has 1 aromatic carbocycles. The Kier molecular flexibility index (Phi) is 7.35. The molecule has 2 heterocycles. The normalized spacial score (nSPS) is 16.7. The van der Waals surface area contributed by atoms with Crippen LogP contribution in [-0.2, 0) is 6.54 Å². The number of urea groups is 1. The molecule has 0 unspecified atom stereocenters. The summed E-state index contributed by atoms with van der Waals surface area (Å²) in [4.78, 5) is 27.6. The van der Waals surface area contributed by atoms with Crippen molar-refractivity contribution in [3.63, 3.8) is 0 Å². The lowest BCUT2D eigenvalue weighted by Crippen LogP contribution is -2.52. The zero-order chi connectivity index (χ0) is 20.6. The van der Waals surface area contributed by atoms with Crippen molar-refractivity contribution in [1.82, 2.24) is 25.1 Å². The van der Waals surface area contributed by atoms with E-state index in [1.807, 2.05) is 19.0 Å². The molecule has 2 aromatic rings. The van der Waals surface area contributed by atoms with Gasteiger partial charge in [0.15, 0.2) is 0 Å². The molecule has 0 radical (unpaired) electrons. The molecule has 2 amide bonds. The van der Waals surface area contributed by atoms with Crippen LogP contribution in [0.4, 0.5) is 15.1 Å². The number of carbonyl (C=O) groups is 1. The first-order valence-corrected chi connectivity index (χ1v) is 9.98. The predicted molar refractivity (Wildman–Crippen MR) is 111 cm³/mol. The lowest BCUT2D eigenvalue weighted by molar-refractivity contribution is 0.183. The Morgan fingerprint density at radius 3 is 2.62 bits per heavy atom. The molecule has 0 saturated carbocycles. The molecule has 29 heavy (non-hydrogen) atoms. The van der Waals surface area contributed by atoms with Crippen LogP contribution in [-0.4, -0.2) is 72.1 Å². The van der Waals surface area contributed by atoms with Gasteiger partial charge in [-0.3, -0.25) is 0 Å². The highest BCUT2D eigenvalue weighted by molar-refractivity contribution is 5.74. The van der Waals surface area contributed by atoms with Gasteiger partial charge in [-0.05, 0) is 50.7 Å². The number of benzene rings is 1. The van der Waals surface area contributed by atoms with E-state index >= 15 is 0 Å². The summed E-state index contributed by atoms with van der Waals surface area (Å²) in [6.45, 7) is 3.36.